The molecule has 0 bridgehead atoms. The summed E-state index contributed by atoms with van der Waals surface area (Å²) in [4.78, 5) is 25.0. The van der Waals surface area contributed by atoms with Gasteiger partial charge in [0.25, 0.3) is 0 Å². The Labute approximate surface area is 128 Å². The molecular weight excluding hydrogens is 288 g/mol. The third-order valence-corrected chi connectivity index (χ3v) is 4.00. The fourth-order valence-corrected chi connectivity index (χ4v) is 2.87. The number of pyridine rings is 1. The molecule has 0 saturated carbocycles. The Morgan fingerprint density at radius 3 is 2.36 bits per heavy atom. The highest BCUT2D eigenvalue weighted by atomic mass is 16.4. The predicted molar refractivity (Wildman–Crippen MR) is 79.7 cm³/mol. The van der Waals surface area contributed by atoms with Crippen LogP contribution < -0.4 is 5.43 Å². The second-order valence-electron chi connectivity index (χ2n) is 5.62. The number of carboxylic acid groups (broad SMARTS) is 1. The Morgan fingerprint density at radius 1 is 1.18 bits per heavy atom. The average Bonchev–Trinajstić information content (AvgIpc) is 2.74. The first-order valence-corrected chi connectivity index (χ1v) is 7.52. The van der Waals surface area contributed by atoms with E-state index in [-0.39, 0.29) is 11.4 Å². The summed E-state index contributed by atoms with van der Waals surface area (Å²) in [6.45, 7) is 1.17. The quantitative estimate of drug-likeness (QED) is 0.732. The Bertz CT molecular complexity index is 588. The van der Waals surface area contributed by atoms with Gasteiger partial charge < -0.3 is 19.9 Å². The van der Waals surface area contributed by atoms with E-state index in [9.17, 15) is 19.8 Å². The predicted octanol–water partition coefficient (Wildman–Crippen LogP) is 0.507. The first-order chi connectivity index (χ1) is 10.5. The van der Waals surface area contributed by atoms with Crippen molar-refractivity contribution in [3.8, 4) is 5.75 Å². The number of likely N-dealkylation sites (tertiary alicyclic amines) is 1. The van der Waals surface area contributed by atoms with E-state index in [1.807, 2.05) is 0 Å². The highest BCUT2D eigenvalue weighted by Crippen LogP contribution is 2.20. The van der Waals surface area contributed by atoms with Crippen LogP contribution in [0.25, 0.3) is 0 Å². The van der Waals surface area contributed by atoms with Crippen molar-refractivity contribution in [2.24, 2.45) is 0 Å². The monoisotopic (exact) mass is 310 g/mol. The van der Waals surface area contributed by atoms with Gasteiger partial charge in [-0.05, 0) is 25.9 Å². The summed E-state index contributed by atoms with van der Waals surface area (Å²) < 4.78 is 1.32. The maximum Gasteiger partial charge on any atom is 0.323 e. The summed E-state index contributed by atoms with van der Waals surface area (Å²) in [5, 5.41) is 28.5. The molecule has 1 aromatic heterocycles. The first-order valence-electron chi connectivity index (χ1n) is 7.52. The van der Waals surface area contributed by atoms with Crippen LogP contribution in [0.1, 0.15) is 37.1 Å². The minimum atomic E-state index is -1.09. The van der Waals surface area contributed by atoms with Gasteiger partial charge in [-0.25, -0.2) is 0 Å². The van der Waals surface area contributed by atoms with Crippen molar-refractivity contribution < 1.29 is 20.1 Å². The number of aromatic hydroxyl groups is 1. The summed E-state index contributed by atoms with van der Waals surface area (Å²) in [6.07, 6.45) is 4.40. The molecule has 0 unspecified atom stereocenters. The van der Waals surface area contributed by atoms with Gasteiger partial charge in [0.05, 0.1) is 12.3 Å². The van der Waals surface area contributed by atoms with Crippen molar-refractivity contribution in [3.05, 3.63) is 27.7 Å². The number of hydrogen-bond donors (Lipinski definition) is 3. The molecule has 1 aliphatic heterocycles. The van der Waals surface area contributed by atoms with Crippen LogP contribution in [-0.4, -0.2) is 43.8 Å². The van der Waals surface area contributed by atoms with E-state index in [0.29, 0.717) is 6.54 Å². The lowest BCUT2D eigenvalue weighted by Gasteiger charge is -2.24. The third-order valence-electron chi connectivity index (χ3n) is 4.00. The molecule has 1 aliphatic rings. The Balaban J connectivity index is 2.39. The highest BCUT2D eigenvalue weighted by molar-refractivity contribution is 5.67. The van der Waals surface area contributed by atoms with Gasteiger partial charge in [0.15, 0.2) is 5.75 Å². The van der Waals surface area contributed by atoms with Crippen LogP contribution in [0.5, 0.6) is 5.75 Å². The van der Waals surface area contributed by atoms with Crippen LogP contribution in [0, 0.1) is 0 Å². The molecule has 22 heavy (non-hydrogen) atoms. The van der Waals surface area contributed by atoms with Crippen molar-refractivity contribution in [1.82, 2.24) is 9.47 Å². The highest BCUT2D eigenvalue weighted by Gasteiger charge is 2.19. The summed E-state index contributed by atoms with van der Waals surface area (Å²) in [6, 6.07) is 1.09. The molecular formula is C15H22N2O5. The van der Waals surface area contributed by atoms with Crippen LogP contribution in [0.4, 0.5) is 0 Å². The summed E-state index contributed by atoms with van der Waals surface area (Å²) in [5.41, 5.74) is -0.119. The second kappa shape index (κ2) is 7.42. The molecule has 7 nitrogen and oxygen atoms in total. The minimum Gasteiger partial charge on any atom is -0.503 e. The molecule has 3 N–H and O–H groups in total. The molecule has 122 valence electrons. The molecule has 1 aromatic rings. The van der Waals surface area contributed by atoms with E-state index in [1.165, 1.54) is 4.57 Å². The lowest BCUT2D eigenvalue weighted by Crippen LogP contribution is -2.29. The summed E-state index contributed by atoms with van der Waals surface area (Å²) in [5.74, 6) is -1.52. The van der Waals surface area contributed by atoms with E-state index >= 15 is 0 Å². The number of carboxylic acids is 1. The fourth-order valence-electron chi connectivity index (χ4n) is 2.87. The zero-order valence-electron chi connectivity index (χ0n) is 12.5. The third kappa shape index (κ3) is 3.86. The largest absolute Gasteiger partial charge is 0.503 e. The van der Waals surface area contributed by atoms with Gasteiger partial charge in [-0.3, -0.25) is 14.5 Å². The maximum atomic E-state index is 11.8. The standard InChI is InChI=1S/C15H22N2O5/c18-10-11-7-13(19)15(22)12(17(11)9-14(20)21)8-16-5-3-1-2-4-6-16/h7,18,22H,1-6,8-10H2,(H,20,21). The number of nitrogens with zero attached hydrogens (tertiary/aromatic N) is 2. The van der Waals surface area contributed by atoms with Crippen LogP contribution in [0.3, 0.4) is 0 Å². The summed E-state index contributed by atoms with van der Waals surface area (Å²) in [7, 11) is 0. The van der Waals surface area contributed by atoms with E-state index < -0.39 is 30.3 Å². The van der Waals surface area contributed by atoms with Crippen molar-refractivity contribution in [3.63, 3.8) is 0 Å². The molecule has 1 saturated heterocycles. The fraction of sp³-hybridized carbons (Fsp3) is 0.600. The van der Waals surface area contributed by atoms with Gasteiger partial charge in [0.2, 0.25) is 5.43 Å². The molecule has 0 aliphatic carbocycles. The Morgan fingerprint density at radius 2 is 1.82 bits per heavy atom. The molecule has 0 spiro atoms. The van der Waals surface area contributed by atoms with Gasteiger partial charge in [0, 0.05) is 18.3 Å². The van der Waals surface area contributed by atoms with Gasteiger partial charge in [-0.2, -0.15) is 0 Å². The molecule has 0 aromatic carbocycles. The topological polar surface area (TPSA) is 103 Å². The number of rotatable bonds is 5. The number of aromatic nitrogens is 1. The SMILES string of the molecule is O=C(O)Cn1c(CO)cc(=O)c(O)c1CN1CCCCCC1. The zero-order valence-corrected chi connectivity index (χ0v) is 12.5. The van der Waals surface area contributed by atoms with Crippen molar-refractivity contribution >= 4 is 5.97 Å². The Kier molecular flexibility index (Phi) is 5.57. The Hall–Kier alpha value is -1.86. The lowest BCUT2D eigenvalue weighted by atomic mass is 10.2. The normalized spacial score (nSPS) is 16.4. The summed E-state index contributed by atoms with van der Waals surface area (Å²) >= 11 is 0. The smallest absolute Gasteiger partial charge is 0.323 e. The number of carbonyl (C=O) groups is 1. The van der Waals surface area contributed by atoms with E-state index in [4.69, 9.17) is 5.11 Å². The van der Waals surface area contributed by atoms with Crippen molar-refractivity contribution in [1.29, 1.82) is 0 Å². The van der Waals surface area contributed by atoms with Crippen LogP contribution in [-0.2, 0) is 24.5 Å². The average molecular weight is 310 g/mol. The molecule has 7 heteroatoms. The van der Waals surface area contributed by atoms with Crippen LogP contribution in [0.2, 0.25) is 0 Å². The van der Waals surface area contributed by atoms with E-state index in [1.54, 1.807) is 0 Å². The van der Waals surface area contributed by atoms with Crippen molar-refractivity contribution in [2.75, 3.05) is 13.1 Å². The van der Waals surface area contributed by atoms with Gasteiger partial charge in [-0.15, -0.1) is 0 Å². The molecule has 1 fully saturated rings. The minimum absolute atomic E-state index is 0.204. The number of aliphatic hydroxyl groups is 1. The maximum absolute atomic E-state index is 11.8. The van der Waals surface area contributed by atoms with Crippen LogP contribution in [0.15, 0.2) is 10.9 Å². The second-order valence-corrected chi connectivity index (χ2v) is 5.62. The number of hydrogen-bond acceptors (Lipinski definition) is 5. The lowest BCUT2D eigenvalue weighted by molar-refractivity contribution is -0.137. The molecule has 2 heterocycles. The van der Waals surface area contributed by atoms with Gasteiger partial charge in [0.1, 0.15) is 6.54 Å². The zero-order chi connectivity index (χ0) is 16.1. The van der Waals surface area contributed by atoms with E-state index in [0.717, 1.165) is 44.8 Å². The van der Waals surface area contributed by atoms with E-state index in [2.05, 4.69) is 4.90 Å². The number of aliphatic carboxylic acids is 1. The van der Waals surface area contributed by atoms with Crippen LogP contribution >= 0.6 is 0 Å². The molecule has 0 radical (unpaired) electrons. The van der Waals surface area contributed by atoms with Gasteiger partial charge in [-0.1, -0.05) is 12.8 Å². The number of aliphatic hydroxyl groups excluding tert-OH is 1. The molecule has 0 atom stereocenters. The molecule has 0 amide bonds. The first kappa shape index (κ1) is 16.5. The van der Waals surface area contributed by atoms with Gasteiger partial charge >= 0.3 is 5.97 Å². The molecule has 2 rings (SSSR count). The van der Waals surface area contributed by atoms with Crippen molar-refractivity contribution in [2.45, 2.75) is 45.4 Å².